The fourth-order valence-electron chi connectivity index (χ4n) is 1.63. The van der Waals surface area contributed by atoms with Crippen LogP contribution in [0.15, 0.2) is 54.6 Å². The van der Waals surface area contributed by atoms with Gasteiger partial charge in [-0.15, -0.1) is 0 Å². The van der Waals surface area contributed by atoms with Gasteiger partial charge in [-0.1, -0.05) is 18.2 Å². The average molecular weight is 269 g/mol. The standard InChI is InChI=1S/C9H7NO2.C6H4O2/c11-9(12)8-5-6-3-1-2-4-7(6)10-8;7-5-1-2-6(8)4-3-5/h1-5,10H,(H,11,12);1-4H. The minimum Gasteiger partial charge on any atom is -0.477 e. The van der Waals surface area contributed by atoms with Crippen LogP contribution in [0.1, 0.15) is 10.5 Å². The Morgan fingerprint density at radius 2 is 1.50 bits per heavy atom. The molecule has 1 aliphatic rings. The molecule has 0 unspecified atom stereocenters. The van der Waals surface area contributed by atoms with E-state index >= 15 is 0 Å². The highest BCUT2D eigenvalue weighted by Crippen LogP contribution is 2.13. The molecule has 0 amide bonds. The Bertz CT molecular complexity index is 666. The summed E-state index contributed by atoms with van der Waals surface area (Å²) in [5.74, 6) is -1.17. The Labute approximate surface area is 114 Å². The second kappa shape index (κ2) is 5.79. The third-order valence-corrected chi connectivity index (χ3v) is 2.58. The molecule has 0 saturated carbocycles. The topological polar surface area (TPSA) is 87.2 Å². The predicted molar refractivity (Wildman–Crippen MR) is 73.6 cm³/mol. The number of aromatic amines is 1. The Kier molecular flexibility index (Phi) is 3.91. The van der Waals surface area contributed by atoms with Gasteiger partial charge in [-0.3, -0.25) is 9.59 Å². The summed E-state index contributed by atoms with van der Waals surface area (Å²) in [6.07, 6.45) is 5.01. The number of hydrogen-bond donors (Lipinski definition) is 2. The van der Waals surface area contributed by atoms with Gasteiger partial charge in [0.25, 0.3) is 0 Å². The molecule has 100 valence electrons. The Balaban J connectivity index is 0.000000160. The van der Waals surface area contributed by atoms with Crippen LogP contribution in [-0.4, -0.2) is 27.6 Å². The lowest BCUT2D eigenvalue weighted by Gasteiger charge is -1.87. The SMILES string of the molecule is O=C(O)c1cc2ccccc2[nH]1.O=C1C=CC(=O)C=C1. The minimum atomic E-state index is -0.925. The number of H-pyrrole nitrogens is 1. The maximum absolute atomic E-state index is 10.5. The van der Waals surface area contributed by atoms with Crippen molar-refractivity contribution in [2.75, 3.05) is 0 Å². The van der Waals surface area contributed by atoms with Crippen molar-refractivity contribution in [2.24, 2.45) is 0 Å². The maximum atomic E-state index is 10.5. The molecule has 2 N–H and O–H groups in total. The number of carbonyl (C=O) groups excluding carboxylic acids is 2. The van der Waals surface area contributed by atoms with E-state index in [0.29, 0.717) is 0 Å². The molecule has 5 heteroatoms. The molecule has 0 atom stereocenters. The number of benzene rings is 1. The van der Waals surface area contributed by atoms with E-state index in [9.17, 15) is 14.4 Å². The van der Waals surface area contributed by atoms with Crippen molar-refractivity contribution in [2.45, 2.75) is 0 Å². The molecule has 2 aromatic rings. The van der Waals surface area contributed by atoms with Gasteiger partial charge < -0.3 is 10.1 Å². The van der Waals surface area contributed by atoms with Crippen LogP contribution < -0.4 is 0 Å². The van der Waals surface area contributed by atoms with Crippen LogP contribution >= 0.6 is 0 Å². The Hall–Kier alpha value is -2.95. The highest BCUT2D eigenvalue weighted by molar-refractivity contribution is 6.14. The fourth-order valence-corrected chi connectivity index (χ4v) is 1.63. The number of para-hydroxylation sites is 1. The third kappa shape index (κ3) is 3.29. The Morgan fingerprint density at radius 1 is 0.950 bits per heavy atom. The molecule has 0 aliphatic heterocycles. The van der Waals surface area contributed by atoms with Gasteiger partial charge in [0.05, 0.1) is 0 Å². The number of ketones is 2. The van der Waals surface area contributed by atoms with E-state index in [-0.39, 0.29) is 17.3 Å². The monoisotopic (exact) mass is 269 g/mol. The number of rotatable bonds is 1. The summed E-state index contributed by atoms with van der Waals surface area (Å²) in [6.45, 7) is 0. The quantitative estimate of drug-likeness (QED) is 0.776. The normalized spacial score (nSPS) is 13.2. The molecule has 0 fully saturated rings. The molecule has 1 aromatic heterocycles. The molecular weight excluding hydrogens is 258 g/mol. The summed E-state index contributed by atoms with van der Waals surface area (Å²) < 4.78 is 0. The van der Waals surface area contributed by atoms with Gasteiger partial charge in [0.15, 0.2) is 11.6 Å². The number of aromatic carboxylic acids is 1. The zero-order chi connectivity index (χ0) is 14.5. The smallest absolute Gasteiger partial charge is 0.352 e. The predicted octanol–water partition coefficient (Wildman–Crippen LogP) is 2.12. The van der Waals surface area contributed by atoms with Crippen molar-refractivity contribution in [3.63, 3.8) is 0 Å². The molecule has 0 radical (unpaired) electrons. The number of fused-ring (bicyclic) bond motifs is 1. The molecule has 20 heavy (non-hydrogen) atoms. The van der Waals surface area contributed by atoms with Gasteiger partial charge in [-0.05, 0) is 36.4 Å². The second-order valence-electron chi connectivity index (χ2n) is 4.05. The van der Waals surface area contributed by atoms with Gasteiger partial charge >= 0.3 is 5.97 Å². The summed E-state index contributed by atoms with van der Waals surface area (Å²) in [7, 11) is 0. The van der Waals surface area contributed by atoms with Gasteiger partial charge in [-0.2, -0.15) is 0 Å². The van der Waals surface area contributed by atoms with Gasteiger partial charge in [-0.25, -0.2) is 4.79 Å². The lowest BCUT2D eigenvalue weighted by atomic mass is 10.2. The lowest BCUT2D eigenvalue weighted by Crippen LogP contribution is -1.97. The first kappa shape index (κ1) is 13.5. The highest BCUT2D eigenvalue weighted by atomic mass is 16.4. The number of allylic oxidation sites excluding steroid dienone is 4. The zero-order valence-corrected chi connectivity index (χ0v) is 10.4. The first-order chi connectivity index (χ1) is 9.56. The third-order valence-electron chi connectivity index (χ3n) is 2.58. The summed E-state index contributed by atoms with van der Waals surface area (Å²) in [6, 6.07) is 9.09. The van der Waals surface area contributed by atoms with Crippen LogP contribution in [0.3, 0.4) is 0 Å². The van der Waals surface area contributed by atoms with Crippen molar-refractivity contribution in [1.82, 2.24) is 4.98 Å². The van der Waals surface area contributed by atoms with E-state index < -0.39 is 5.97 Å². The first-order valence-corrected chi connectivity index (χ1v) is 5.81. The first-order valence-electron chi connectivity index (χ1n) is 5.81. The summed E-state index contributed by atoms with van der Waals surface area (Å²) >= 11 is 0. The maximum Gasteiger partial charge on any atom is 0.352 e. The van der Waals surface area contributed by atoms with E-state index in [4.69, 9.17) is 5.11 Å². The van der Waals surface area contributed by atoms with Crippen LogP contribution in [0.25, 0.3) is 10.9 Å². The number of aromatic nitrogens is 1. The van der Waals surface area contributed by atoms with Gasteiger partial charge in [0.2, 0.25) is 0 Å². The van der Waals surface area contributed by atoms with E-state index in [2.05, 4.69) is 4.98 Å². The van der Waals surface area contributed by atoms with E-state index in [1.165, 1.54) is 24.3 Å². The molecule has 0 saturated heterocycles. The second-order valence-corrected chi connectivity index (χ2v) is 4.05. The lowest BCUT2D eigenvalue weighted by molar-refractivity contribution is -0.113. The van der Waals surface area contributed by atoms with E-state index in [1.807, 2.05) is 24.3 Å². The Morgan fingerprint density at radius 3 is 2.00 bits per heavy atom. The summed E-state index contributed by atoms with van der Waals surface area (Å²) in [4.78, 5) is 33.9. The van der Waals surface area contributed by atoms with Gasteiger partial charge in [0, 0.05) is 10.9 Å². The number of carbonyl (C=O) groups is 3. The molecule has 0 bridgehead atoms. The highest BCUT2D eigenvalue weighted by Gasteiger charge is 2.05. The van der Waals surface area contributed by atoms with Crippen LogP contribution in [0.2, 0.25) is 0 Å². The van der Waals surface area contributed by atoms with Crippen molar-refractivity contribution >= 4 is 28.4 Å². The van der Waals surface area contributed by atoms with Gasteiger partial charge in [0.1, 0.15) is 5.69 Å². The number of carboxylic acid groups (broad SMARTS) is 1. The minimum absolute atomic E-state index is 0.121. The van der Waals surface area contributed by atoms with Crippen molar-refractivity contribution in [3.8, 4) is 0 Å². The van der Waals surface area contributed by atoms with Crippen LogP contribution in [0.4, 0.5) is 0 Å². The molecule has 1 aromatic carbocycles. The molecular formula is C15H11NO4. The van der Waals surface area contributed by atoms with E-state index in [1.54, 1.807) is 6.07 Å². The average Bonchev–Trinajstić information content (AvgIpc) is 2.87. The summed E-state index contributed by atoms with van der Waals surface area (Å²) in [5, 5.41) is 9.58. The largest absolute Gasteiger partial charge is 0.477 e. The van der Waals surface area contributed by atoms with Crippen molar-refractivity contribution in [1.29, 1.82) is 0 Å². The van der Waals surface area contributed by atoms with Crippen LogP contribution in [0.5, 0.6) is 0 Å². The number of carboxylic acids is 1. The molecule has 1 heterocycles. The van der Waals surface area contributed by atoms with Crippen LogP contribution in [-0.2, 0) is 9.59 Å². The molecule has 1 aliphatic carbocycles. The molecule has 5 nitrogen and oxygen atoms in total. The van der Waals surface area contributed by atoms with Crippen LogP contribution in [0, 0.1) is 0 Å². The van der Waals surface area contributed by atoms with Crippen molar-refractivity contribution < 1.29 is 19.5 Å². The summed E-state index contributed by atoms with van der Waals surface area (Å²) in [5.41, 5.74) is 1.09. The van der Waals surface area contributed by atoms with E-state index in [0.717, 1.165) is 10.9 Å². The number of nitrogens with one attached hydrogen (secondary N) is 1. The fraction of sp³-hybridized carbons (Fsp3) is 0. The van der Waals surface area contributed by atoms with Crippen molar-refractivity contribution in [3.05, 3.63) is 60.3 Å². The molecule has 3 rings (SSSR count). The zero-order valence-electron chi connectivity index (χ0n) is 10.4. The number of hydrogen-bond acceptors (Lipinski definition) is 3. The molecule has 0 spiro atoms.